The summed E-state index contributed by atoms with van der Waals surface area (Å²) < 4.78 is 0. The van der Waals surface area contributed by atoms with Crippen LogP contribution in [0.15, 0.2) is 30.3 Å². The standard InChI is InChI=1S/C16H27N3/c1-14-12-18(2)10-11-19(14)13-16(17)9-8-15-6-4-3-5-7-15/h3-7,14,16H,8-13,17H2,1-2H3. The molecule has 1 aliphatic rings. The van der Waals surface area contributed by atoms with Crippen molar-refractivity contribution >= 4 is 0 Å². The van der Waals surface area contributed by atoms with Gasteiger partial charge in [0.25, 0.3) is 0 Å². The number of hydrogen-bond acceptors (Lipinski definition) is 3. The Morgan fingerprint density at radius 2 is 2.00 bits per heavy atom. The first-order valence-electron chi connectivity index (χ1n) is 7.37. The first-order chi connectivity index (χ1) is 9.15. The highest BCUT2D eigenvalue weighted by atomic mass is 15.3. The van der Waals surface area contributed by atoms with Gasteiger partial charge in [-0.2, -0.15) is 0 Å². The fraction of sp³-hybridized carbons (Fsp3) is 0.625. The molecule has 1 aliphatic heterocycles. The van der Waals surface area contributed by atoms with Crippen LogP contribution in [0.2, 0.25) is 0 Å². The Bertz CT molecular complexity index is 366. The molecular weight excluding hydrogens is 234 g/mol. The van der Waals surface area contributed by atoms with Crippen LogP contribution in [0, 0.1) is 0 Å². The molecule has 0 aliphatic carbocycles. The molecular formula is C16H27N3. The summed E-state index contributed by atoms with van der Waals surface area (Å²) in [5.41, 5.74) is 7.69. The molecule has 0 saturated carbocycles. The van der Waals surface area contributed by atoms with E-state index in [1.807, 2.05) is 0 Å². The van der Waals surface area contributed by atoms with Crippen LogP contribution in [0.1, 0.15) is 18.9 Å². The molecule has 1 heterocycles. The van der Waals surface area contributed by atoms with E-state index < -0.39 is 0 Å². The van der Waals surface area contributed by atoms with Crippen LogP contribution in [-0.2, 0) is 6.42 Å². The SMILES string of the molecule is CC1CN(C)CCN1CC(N)CCc1ccccc1. The average molecular weight is 261 g/mol. The Labute approximate surface area is 117 Å². The molecule has 0 spiro atoms. The summed E-state index contributed by atoms with van der Waals surface area (Å²) in [6, 6.07) is 11.5. The number of nitrogens with zero attached hydrogens (tertiary/aromatic N) is 2. The molecule has 2 rings (SSSR count). The van der Waals surface area contributed by atoms with Crippen molar-refractivity contribution in [3.8, 4) is 0 Å². The van der Waals surface area contributed by atoms with E-state index in [1.54, 1.807) is 0 Å². The highest BCUT2D eigenvalue weighted by molar-refractivity contribution is 5.14. The van der Waals surface area contributed by atoms with Gasteiger partial charge in [-0.25, -0.2) is 0 Å². The smallest absolute Gasteiger partial charge is 0.0195 e. The lowest BCUT2D eigenvalue weighted by Gasteiger charge is -2.39. The number of likely N-dealkylation sites (N-methyl/N-ethyl adjacent to an activating group) is 1. The third-order valence-electron chi connectivity index (χ3n) is 4.08. The van der Waals surface area contributed by atoms with E-state index in [0.717, 1.165) is 39.0 Å². The molecule has 1 fully saturated rings. The first kappa shape index (κ1) is 14.5. The fourth-order valence-corrected chi connectivity index (χ4v) is 2.84. The predicted octanol–water partition coefficient (Wildman–Crippen LogP) is 1.58. The van der Waals surface area contributed by atoms with Crippen LogP contribution in [0.5, 0.6) is 0 Å². The van der Waals surface area contributed by atoms with Crippen LogP contribution in [0.3, 0.4) is 0 Å². The predicted molar refractivity (Wildman–Crippen MR) is 81.3 cm³/mol. The van der Waals surface area contributed by atoms with E-state index in [0.29, 0.717) is 6.04 Å². The number of aryl methyl sites for hydroxylation is 1. The Kier molecular flexibility index (Phi) is 5.37. The molecule has 19 heavy (non-hydrogen) atoms. The lowest BCUT2D eigenvalue weighted by molar-refractivity contribution is 0.0937. The second kappa shape index (κ2) is 7.04. The number of nitrogens with two attached hydrogens (primary N) is 1. The summed E-state index contributed by atoms with van der Waals surface area (Å²) in [7, 11) is 2.20. The van der Waals surface area contributed by atoms with Crippen molar-refractivity contribution < 1.29 is 0 Å². The van der Waals surface area contributed by atoms with Gasteiger partial charge in [-0.1, -0.05) is 30.3 Å². The molecule has 0 bridgehead atoms. The van der Waals surface area contributed by atoms with Crippen molar-refractivity contribution in [1.82, 2.24) is 9.80 Å². The van der Waals surface area contributed by atoms with Gasteiger partial charge in [0, 0.05) is 38.3 Å². The molecule has 2 atom stereocenters. The van der Waals surface area contributed by atoms with Gasteiger partial charge in [0.1, 0.15) is 0 Å². The largest absolute Gasteiger partial charge is 0.327 e. The lowest BCUT2D eigenvalue weighted by Crippen LogP contribution is -2.53. The minimum absolute atomic E-state index is 0.283. The van der Waals surface area contributed by atoms with Crippen molar-refractivity contribution in [1.29, 1.82) is 0 Å². The zero-order valence-electron chi connectivity index (χ0n) is 12.3. The summed E-state index contributed by atoms with van der Waals surface area (Å²) in [4.78, 5) is 4.94. The van der Waals surface area contributed by atoms with Crippen LogP contribution in [0.25, 0.3) is 0 Å². The van der Waals surface area contributed by atoms with E-state index in [-0.39, 0.29) is 6.04 Å². The summed E-state index contributed by atoms with van der Waals surface area (Å²) in [5, 5.41) is 0. The summed E-state index contributed by atoms with van der Waals surface area (Å²) >= 11 is 0. The highest BCUT2D eigenvalue weighted by Crippen LogP contribution is 2.10. The second-order valence-corrected chi connectivity index (χ2v) is 5.89. The fourth-order valence-electron chi connectivity index (χ4n) is 2.84. The number of piperazine rings is 1. The van der Waals surface area contributed by atoms with Crippen LogP contribution >= 0.6 is 0 Å². The van der Waals surface area contributed by atoms with Crippen molar-refractivity contribution in [2.75, 3.05) is 33.2 Å². The second-order valence-electron chi connectivity index (χ2n) is 5.89. The number of rotatable bonds is 5. The van der Waals surface area contributed by atoms with Gasteiger partial charge in [-0.05, 0) is 32.4 Å². The van der Waals surface area contributed by atoms with Crippen molar-refractivity contribution in [2.45, 2.75) is 31.8 Å². The van der Waals surface area contributed by atoms with Crippen LogP contribution in [0.4, 0.5) is 0 Å². The van der Waals surface area contributed by atoms with Crippen LogP contribution < -0.4 is 5.73 Å². The molecule has 0 radical (unpaired) electrons. The minimum atomic E-state index is 0.283. The topological polar surface area (TPSA) is 32.5 Å². The maximum atomic E-state index is 6.29. The molecule has 1 saturated heterocycles. The van der Waals surface area contributed by atoms with Gasteiger partial charge in [0.15, 0.2) is 0 Å². The highest BCUT2D eigenvalue weighted by Gasteiger charge is 2.22. The summed E-state index contributed by atoms with van der Waals surface area (Å²) in [5.74, 6) is 0. The van der Waals surface area contributed by atoms with E-state index >= 15 is 0 Å². The molecule has 2 N–H and O–H groups in total. The third kappa shape index (κ3) is 4.60. The Morgan fingerprint density at radius 3 is 2.68 bits per heavy atom. The Hall–Kier alpha value is -0.900. The zero-order chi connectivity index (χ0) is 13.7. The lowest BCUT2D eigenvalue weighted by atomic mass is 10.0. The normalized spacial score (nSPS) is 23.4. The molecule has 3 heteroatoms. The van der Waals surface area contributed by atoms with E-state index in [4.69, 9.17) is 5.73 Å². The van der Waals surface area contributed by atoms with Gasteiger partial charge >= 0.3 is 0 Å². The number of hydrogen-bond donors (Lipinski definition) is 1. The third-order valence-corrected chi connectivity index (χ3v) is 4.08. The Morgan fingerprint density at radius 1 is 1.26 bits per heavy atom. The summed E-state index contributed by atoms with van der Waals surface area (Å²) in [6.07, 6.45) is 2.16. The molecule has 106 valence electrons. The van der Waals surface area contributed by atoms with Crippen molar-refractivity contribution in [3.05, 3.63) is 35.9 Å². The minimum Gasteiger partial charge on any atom is -0.327 e. The van der Waals surface area contributed by atoms with Crippen molar-refractivity contribution in [3.63, 3.8) is 0 Å². The molecule has 0 amide bonds. The molecule has 1 aromatic rings. The maximum absolute atomic E-state index is 6.29. The van der Waals surface area contributed by atoms with Gasteiger partial charge in [0.2, 0.25) is 0 Å². The van der Waals surface area contributed by atoms with Crippen LogP contribution in [-0.4, -0.2) is 55.1 Å². The van der Waals surface area contributed by atoms with Gasteiger partial charge in [0.05, 0.1) is 0 Å². The monoisotopic (exact) mass is 261 g/mol. The van der Waals surface area contributed by atoms with Gasteiger partial charge < -0.3 is 10.6 Å². The zero-order valence-corrected chi connectivity index (χ0v) is 12.3. The van der Waals surface area contributed by atoms with Gasteiger partial charge in [-0.3, -0.25) is 4.90 Å². The molecule has 1 aromatic carbocycles. The van der Waals surface area contributed by atoms with Gasteiger partial charge in [-0.15, -0.1) is 0 Å². The van der Waals surface area contributed by atoms with E-state index in [1.165, 1.54) is 5.56 Å². The Balaban J connectivity index is 1.73. The quantitative estimate of drug-likeness (QED) is 0.873. The molecule has 3 nitrogen and oxygen atoms in total. The maximum Gasteiger partial charge on any atom is 0.0195 e. The first-order valence-corrected chi connectivity index (χ1v) is 7.37. The average Bonchev–Trinajstić information content (AvgIpc) is 2.41. The number of benzene rings is 1. The molecule has 2 unspecified atom stereocenters. The summed E-state index contributed by atoms with van der Waals surface area (Å²) in [6.45, 7) is 6.80. The van der Waals surface area contributed by atoms with E-state index in [2.05, 4.69) is 54.1 Å². The van der Waals surface area contributed by atoms with Crippen molar-refractivity contribution in [2.24, 2.45) is 5.73 Å². The molecule has 0 aromatic heterocycles. The van der Waals surface area contributed by atoms with E-state index in [9.17, 15) is 0 Å².